The zero-order chi connectivity index (χ0) is 24.6. The number of ether oxygens (including phenoxy) is 1. The van der Waals surface area contributed by atoms with Crippen LogP contribution < -0.4 is 5.32 Å². The molecule has 35 heavy (non-hydrogen) atoms. The number of likely N-dealkylation sites (tertiary alicyclic amines) is 1. The minimum atomic E-state index is -0.632. The molecule has 3 aromatic rings. The van der Waals surface area contributed by atoms with Gasteiger partial charge in [0.1, 0.15) is 5.60 Å². The standard InChI is InChI=1S/C24H29N7O4/c1-24(2,3)35-23(33)31-13-16(12-17(31)14-30-11-10-25-29-30)26-20(32)22-28-27-21(34-22)19-7-5-4-6-18(19)15-8-9-15/h4-7,10-11,15-17H,8-9,12-14H2,1-3H3,(H,26,32)/t16-,17+/m1/s1. The number of carbonyl (C=O) groups is 2. The molecule has 3 heterocycles. The topological polar surface area (TPSA) is 128 Å². The molecule has 1 saturated heterocycles. The summed E-state index contributed by atoms with van der Waals surface area (Å²) in [6.45, 7) is 6.20. The van der Waals surface area contributed by atoms with E-state index in [0.717, 1.165) is 18.4 Å². The molecular weight excluding hydrogens is 450 g/mol. The maximum Gasteiger partial charge on any atom is 0.410 e. The van der Waals surface area contributed by atoms with Gasteiger partial charge in [0.05, 0.1) is 18.8 Å². The van der Waals surface area contributed by atoms with Crippen LogP contribution in [0.2, 0.25) is 0 Å². The number of hydrogen-bond acceptors (Lipinski definition) is 8. The summed E-state index contributed by atoms with van der Waals surface area (Å²) in [5, 5.41) is 18.9. The first kappa shape index (κ1) is 23.0. The van der Waals surface area contributed by atoms with E-state index in [4.69, 9.17) is 9.15 Å². The highest BCUT2D eigenvalue weighted by Crippen LogP contribution is 2.44. The summed E-state index contributed by atoms with van der Waals surface area (Å²) in [6, 6.07) is 7.39. The van der Waals surface area contributed by atoms with Crippen molar-refractivity contribution in [3.63, 3.8) is 0 Å². The van der Waals surface area contributed by atoms with E-state index < -0.39 is 17.6 Å². The van der Waals surface area contributed by atoms with Gasteiger partial charge in [-0.2, -0.15) is 0 Å². The predicted molar refractivity (Wildman–Crippen MR) is 124 cm³/mol. The summed E-state index contributed by atoms with van der Waals surface area (Å²) in [7, 11) is 0. The number of rotatable bonds is 6. The summed E-state index contributed by atoms with van der Waals surface area (Å²) >= 11 is 0. The number of nitrogens with one attached hydrogen (secondary N) is 1. The highest BCUT2D eigenvalue weighted by atomic mass is 16.6. The smallest absolute Gasteiger partial charge is 0.410 e. The van der Waals surface area contributed by atoms with E-state index in [2.05, 4.69) is 31.9 Å². The van der Waals surface area contributed by atoms with Gasteiger partial charge in [-0.3, -0.25) is 9.48 Å². The molecule has 2 amide bonds. The summed E-state index contributed by atoms with van der Waals surface area (Å²) < 4.78 is 13.0. The first-order chi connectivity index (χ1) is 16.8. The van der Waals surface area contributed by atoms with Gasteiger partial charge in [0, 0.05) is 24.3 Å². The second kappa shape index (κ2) is 9.12. The molecule has 11 heteroatoms. The normalized spacial score (nSPS) is 20.1. The summed E-state index contributed by atoms with van der Waals surface area (Å²) in [5.41, 5.74) is 1.40. The molecular formula is C24H29N7O4. The van der Waals surface area contributed by atoms with Crippen molar-refractivity contribution < 1.29 is 18.7 Å². The Morgan fingerprint density at radius 2 is 2.00 bits per heavy atom. The molecule has 184 valence electrons. The first-order valence-corrected chi connectivity index (χ1v) is 11.8. The molecule has 11 nitrogen and oxygen atoms in total. The SMILES string of the molecule is CC(C)(C)OC(=O)N1C[C@H](NC(=O)c2nnc(-c3ccccc3C3CC3)o2)C[C@H]1Cn1ccnn1. The predicted octanol–water partition coefficient (Wildman–Crippen LogP) is 3.01. The molecule has 2 aliphatic rings. The number of amides is 2. The van der Waals surface area contributed by atoms with E-state index in [9.17, 15) is 9.59 Å². The highest BCUT2D eigenvalue weighted by molar-refractivity contribution is 5.90. The summed E-state index contributed by atoms with van der Waals surface area (Å²) in [6.07, 6.45) is 5.69. The van der Waals surface area contributed by atoms with Crippen molar-refractivity contribution in [3.05, 3.63) is 48.1 Å². The Hall–Kier alpha value is -3.76. The molecule has 0 bridgehead atoms. The Balaban J connectivity index is 1.28. The van der Waals surface area contributed by atoms with E-state index in [1.807, 2.05) is 39.0 Å². The number of benzene rings is 1. The van der Waals surface area contributed by atoms with Crippen LogP contribution in [0.4, 0.5) is 4.79 Å². The third-order valence-electron chi connectivity index (χ3n) is 6.08. The molecule has 0 radical (unpaired) electrons. The molecule has 2 fully saturated rings. The van der Waals surface area contributed by atoms with Gasteiger partial charge in [-0.1, -0.05) is 23.4 Å². The minimum absolute atomic E-state index is 0.103. The highest BCUT2D eigenvalue weighted by Gasteiger charge is 2.39. The van der Waals surface area contributed by atoms with E-state index in [1.165, 1.54) is 5.56 Å². The second-order valence-corrected chi connectivity index (χ2v) is 10.1. The van der Waals surface area contributed by atoms with Crippen LogP contribution in [0, 0.1) is 0 Å². The van der Waals surface area contributed by atoms with Gasteiger partial charge in [0.25, 0.3) is 0 Å². The van der Waals surface area contributed by atoms with Gasteiger partial charge >= 0.3 is 17.9 Å². The molecule has 2 aromatic heterocycles. The van der Waals surface area contributed by atoms with Crippen molar-refractivity contribution in [2.24, 2.45) is 0 Å². The van der Waals surface area contributed by atoms with E-state index in [1.54, 1.807) is 22.0 Å². The van der Waals surface area contributed by atoms with Crippen molar-refractivity contribution in [2.75, 3.05) is 6.54 Å². The average Bonchev–Trinajstić information content (AvgIpc) is 3.17. The summed E-state index contributed by atoms with van der Waals surface area (Å²) in [5.74, 6) is 0.274. The molecule has 1 N–H and O–H groups in total. The Morgan fingerprint density at radius 3 is 2.71 bits per heavy atom. The second-order valence-electron chi connectivity index (χ2n) is 10.1. The number of carbonyl (C=O) groups excluding carboxylic acids is 2. The zero-order valence-electron chi connectivity index (χ0n) is 20.0. The molecule has 1 aromatic carbocycles. The van der Waals surface area contributed by atoms with Gasteiger partial charge in [0.15, 0.2) is 0 Å². The van der Waals surface area contributed by atoms with Crippen molar-refractivity contribution in [2.45, 2.75) is 70.2 Å². The minimum Gasteiger partial charge on any atom is -0.444 e. The van der Waals surface area contributed by atoms with Gasteiger partial charge in [-0.25, -0.2) is 4.79 Å². The fourth-order valence-electron chi connectivity index (χ4n) is 4.40. The van der Waals surface area contributed by atoms with Crippen molar-refractivity contribution in [1.82, 2.24) is 35.4 Å². The quantitative estimate of drug-likeness (QED) is 0.571. The maximum absolute atomic E-state index is 12.9. The van der Waals surface area contributed by atoms with Crippen LogP contribution in [0.1, 0.15) is 62.2 Å². The fourth-order valence-corrected chi connectivity index (χ4v) is 4.40. The average molecular weight is 480 g/mol. The fraction of sp³-hybridized carbons (Fsp3) is 0.500. The first-order valence-electron chi connectivity index (χ1n) is 11.8. The third-order valence-corrected chi connectivity index (χ3v) is 6.08. The monoisotopic (exact) mass is 479 g/mol. The molecule has 1 saturated carbocycles. The number of nitrogens with zero attached hydrogens (tertiary/aromatic N) is 6. The van der Waals surface area contributed by atoms with Crippen LogP contribution in [-0.4, -0.2) is 66.3 Å². The maximum atomic E-state index is 12.9. The molecule has 1 aliphatic carbocycles. The van der Waals surface area contributed by atoms with Crippen LogP contribution in [0.3, 0.4) is 0 Å². The Labute approximate surface area is 202 Å². The number of aromatic nitrogens is 5. The van der Waals surface area contributed by atoms with Crippen LogP contribution in [0.15, 0.2) is 41.1 Å². The molecule has 0 spiro atoms. The number of hydrogen-bond donors (Lipinski definition) is 1. The van der Waals surface area contributed by atoms with Crippen molar-refractivity contribution >= 4 is 12.0 Å². The van der Waals surface area contributed by atoms with Gasteiger partial charge < -0.3 is 19.4 Å². The lowest BCUT2D eigenvalue weighted by Gasteiger charge is -2.28. The third kappa shape index (κ3) is 5.33. The molecule has 1 aliphatic heterocycles. The van der Waals surface area contributed by atoms with Crippen molar-refractivity contribution in [3.8, 4) is 11.5 Å². The van der Waals surface area contributed by atoms with Gasteiger partial charge in [-0.05, 0) is 57.6 Å². The Kier molecular flexibility index (Phi) is 6.00. The van der Waals surface area contributed by atoms with Crippen LogP contribution in [-0.2, 0) is 11.3 Å². The van der Waals surface area contributed by atoms with E-state index in [-0.39, 0.29) is 18.0 Å². The largest absolute Gasteiger partial charge is 0.444 e. The molecule has 0 unspecified atom stereocenters. The van der Waals surface area contributed by atoms with Crippen LogP contribution >= 0.6 is 0 Å². The van der Waals surface area contributed by atoms with E-state index >= 15 is 0 Å². The molecule has 5 rings (SSSR count). The van der Waals surface area contributed by atoms with Crippen molar-refractivity contribution in [1.29, 1.82) is 0 Å². The molecule has 2 atom stereocenters. The lowest BCUT2D eigenvalue weighted by atomic mass is 10.0. The lowest BCUT2D eigenvalue weighted by molar-refractivity contribution is 0.0207. The van der Waals surface area contributed by atoms with Gasteiger partial charge in [0.2, 0.25) is 5.89 Å². The Morgan fingerprint density at radius 1 is 1.20 bits per heavy atom. The van der Waals surface area contributed by atoms with Gasteiger partial charge in [-0.15, -0.1) is 15.3 Å². The van der Waals surface area contributed by atoms with E-state index in [0.29, 0.717) is 31.3 Å². The zero-order valence-corrected chi connectivity index (χ0v) is 20.0. The van der Waals surface area contributed by atoms with Crippen LogP contribution in [0.5, 0.6) is 0 Å². The summed E-state index contributed by atoms with van der Waals surface area (Å²) in [4.78, 5) is 27.4. The lowest BCUT2D eigenvalue weighted by Crippen LogP contribution is -2.43. The Bertz CT molecular complexity index is 1200. The van der Waals surface area contributed by atoms with Crippen LogP contribution in [0.25, 0.3) is 11.5 Å².